The summed E-state index contributed by atoms with van der Waals surface area (Å²) in [4.78, 5) is 13.2. The Hall–Kier alpha value is -4.46. The topological polar surface area (TPSA) is 100 Å². The first-order chi connectivity index (χ1) is 14.8. The van der Waals surface area contributed by atoms with Crippen LogP contribution in [0.1, 0.15) is 5.76 Å². The Balaban J connectivity index is 1.51. The van der Waals surface area contributed by atoms with Gasteiger partial charge in [-0.25, -0.2) is 5.43 Å². The molecule has 0 spiro atoms. The molecular weight excluding hydrogens is 378 g/mol. The average Bonchev–Trinajstić information content (AvgIpc) is 3.28. The van der Waals surface area contributed by atoms with Crippen LogP contribution < -0.4 is 16.1 Å². The Bertz CT molecular complexity index is 1050. The largest absolute Gasteiger partial charge is 0.465 e. The maximum absolute atomic E-state index is 5.22. The predicted molar refractivity (Wildman–Crippen MR) is 119 cm³/mol. The Morgan fingerprint density at radius 1 is 0.700 bits per heavy atom. The van der Waals surface area contributed by atoms with E-state index in [1.807, 2.05) is 72.8 Å². The minimum absolute atomic E-state index is 0.296. The van der Waals surface area contributed by atoms with Gasteiger partial charge in [0.1, 0.15) is 5.76 Å². The fraction of sp³-hybridized carbons (Fsp3) is 0. The van der Waals surface area contributed by atoms with Gasteiger partial charge in [0.05, 0.1) is 6.26 Å². The van der Waals surface area contributed by atoms with Crippen LogP contribution in [0.25, 0.3) is 6.08 Å². The minimum atomic E-state index is 0.296. The van der Waals surface area contributed by atoms with Crippen molar-refractivity contribution in [2.75, 3.05) is 16.1 Å². The summed E-state index contributed by atoms with van der Waals surface area (Å²) in [7, 11) is 0. The molecule has 0 aliphatic rings. The number of aromatic nitrogens is 3. The number of hydrogen-bond acceptors (Lipinski definition) is 8. The quantitative estimate of drug-likeness (QED) is 0.282. The molecule has 2 heterocycles. The zero-order valence-corrected chi connectivity index (χ0v) is 15.9. The van der Waals surface area contributed by atoms with Gasteiger partial charge in [0.25, 0.3) is 0 Å². The van der Waals surface area contributed by atoms with Crippen molar-refractivity contribution < 1.29 is 4.42 Å². The molecule has 0 aliphatic carbocycles. The fourth-order valence-corrected chi connectivity index (χ4v) is 2.50. The molecule has 0 unspecified atom stereocenters. The number of para-hydroxylation sites is 2. The highest BCUT2D eigenvalue weighted by atomic mass is 16.3. The molecule has 2 aromatic heterocycles. The molecule has 0 bridgehead atoms. The summed E-state index contributed by atoms with van der Waals surface area (Å²) in [5.74, 6) is 1.81. The van der Waals surface area contributed by atoms with Crippen LogP contribution in [0.5, 0.6) is 0 Å². The van der Waals surface area contributed by atoms with Gasteiger partial charge in [-0.05, 0) is 48.6 Å². The van der Waals surface area contributed by atoms with E-state index >= 15 is 0 Å². The van der Waals surface area contributed by atoms with Gasteiger partial charge in [-0.3, -0.25) is 0 Å². The highest BCUT2D eigenvalue weighted by Crippen LogP contribution is 2.18. The summed E-state index contributed by atoms with van der Waals surface area (Å²) < 4.78 is 5.22. The number of benzene rings is 2. The second kappa shape index (κ2) is 9.65. The van der Waals surface area contributed by atoms with Gasteiger partial charge in [-0.15, -0.1) is 0 Å². The third kappa shape index (κ3) is 5.52. The maximum atomic E-state index is 5.22. The first-order valence-electron chi connectivity index (χ1n) is 9.25. The van der Waals surface area contributed by atoms with Crippen LogP contribution in [0.3, 0.4) is 0 Å². The summed E-state index contributed by atoms with van der Waals surface area (Å²) in [5, 5.41) is 10.5. The van der Waals surface area contributed by atoms with Crippen molar-refractivity contribution >= 4 is 41.5 Å². The number of nitrogens with one attached hydrogen (secondary N) is 3. The molecule has 0 saturated carbocycles. The Labute approximate surface area is 173 Å². The first-order valence-corrected chi connectivity index (χ1v) is 9.25. The van der Waals surface area contributed by atoms with E-state index in [0.717, 1.165) is 17.1 Å². The molecule has 0 atom stereocenters. The molecule has 0 aliphatic heterocycles. The molecule has 148 valence electrons. The zero-order chi connectivity index (χ0) is 20.4. The van der Waals surface area contributed by atoms with Crippen molar-refractivity contribution in [3.63, 3.8) is 0 Å². The van der Waals surface area contributed by atoms with Crippen molar-refractivity contribution in [3.05, 3.63) is 90.9 Å². The van der Waals surface area contributed by atoms with Crippen molar-refractivity contribution in [3.8, 4) is 0 Å². The molecular formula is C22H19N7O. The molecule has 4 rings (SSSR count). The number of furan rings is 1. The van der Waals surface area contributed by atoms with E-state index in [4.69, 9.17) is 4.42 Å². The molecule has 0 amide bonds. The zero-order valence-electron chi connectivity index (χ0n) is 15.9. The van der Waals surface area contributed by atoms with Crippen molar-refractivity contribution in [1.82, 2.24) is 15.0 Å². The Kier molecular flexibility index (Phi) is 6.07. The number of anilines is 5. The molecule has 8 nitrogen and oxygen atoms in total. The summed E-state index contributed by atoms with van der Waals surface area (Å²) in [5.41, 5.74) is 4.55. The highest BCUT2D eigenvalue weighted by Gasteiger charge is 2.07. The van der Waals surface area contributed by atoms with E-state index in [-0.39, 0.29) is 0 Å². The average molecular weight is 397 g/mol. The molecule has 0 fully saturated rings. The number of hydrazone groups is 1. The lowest BCUT2D eigenvalue weighted by molar-refractivity contribution is 0.557. The lowest BCUT2D eigenvalue weighted by atomic mass is 10.3. The van der Waals surface area contributed by atoms with Crippen LogP contribution in [-0.2, 0) is 0 Å². The number of hydrogen-bond donors (Lipinski definition) is 3. The van der Waals surface area contributed by atoms with Crippen LogP contribution >= 0.6 is 0 Å². The number of allylic oxidation sites excluding steroid dienone is 1. The maximum Gasteiger partial charge on any atom is 0.250 e. The Morgan fingerprint density at radius 3 is 1.87 bits per heavy atom. The monoisotopic (exact) mass is 397 g/mol. The molecule has 3 N–H and O–H groups in total. The highest BCUT2D eigenvalue weighted by molar-refractivity contribution is 5.77. The summed E-state index contributed by atoms with van der Waals surface area (Å²) in [6, 6.07) is 23.0. The van der Waals surface area contributed by atoms with E-state index in [1.165, 1.54) is 0 Å². The lowest BCUT2D eigenvalue weighted by Crippen LogP contribution is -2.07. The van der Waals surface area contributed by atoms with Crippen molar-refractivity contribution in [2.45, 2.75) is 0 Å². The normalized spacial score (nSPS) is 11.1. The first kappa shape index (κ1) is 18.9. The minimum Gasteiger partial charge on any atom is -0.465 e. The van der Waals surface area contributed by atoms with Gasteiger partial charge in [0.15, 0.2) is 0 Å². The summed E-state index contributed by atoms with van der Waals surface area (Å²) in [6.45, 7) is 0. The molecule has 30 heavy (non-hydrogen) atoms. The van der Waals surface area contributed by atoms with E-state index in [0.29, 0.717) is 17.8 Å². The van der Waals surface area contributed by atoms with E-state index < -0.39 is 0 Å². The van der Waals surface area contributed by atoms with E-state index in [1.54, 1.807) is 24.6 Å². The van der Waals surface area contributed by atoms with Crippen LogP contribution in [0.2, 0.25) is 0 Å². The van der Waals surface area contributed by atoms with Crippen molar-refractivity contribution in [2.24, 2.45) is 5.10 Å². The third-order valence-electron chi connectivity index (χ3n) is 3.82. The van der Waals surface area contributed by atoms with Gasteiger partial charge < -0.3 is 15.1 Å². The van der Waals surface area contributed by atoms with Gasteiger partial charge >= 0.3 is 0 Å². The smallest absolute Gasteiger partial charge is 0.250 e. The molecule has 8 heteroatoms. The number of nitrogens with zero attached hydrogens (tertiary/aromatic N) is 4. The van der Waals surface area contributed by atoms with Crippen LogP contribution in [0.15, 0.2) is 94.7 Å². The fourth-order valence-electron chi connectivity index (χ4n) is 2.50. The van der Waals surface area contributed by atoms with E-state index in [9.17, 15) is 0 Å². The summed E-state index contributed by atoms with van der Waals surface area (Å²) in [6.07, 6.45) is 6.74. The molecule has 4 aromatic rings. The van der Waals surface area contributed by atoms with E-state index in [2.05, 4.69) is 36.1 Å². The van der Waals surface area contributed by atoms with Crippen LogP contribution in [0.4, 0.5) is 29.2 Å². The molecule has 0 radical (unpaired) electrons. The number of rotatable bonds is 8. The third-order valence-corrected chi connectivity index (χ3v) is 3.82. The van der Waals surface area contributed by atoms with Crippen LogP contribution in [0, 0.1) is 0 Å². The molecule has 2 aromatic carbocycles. The van der Waals surface area contributed by atoms with Gasteiger partial charge in [-0.1, -0.05) is 36.4 Å². The predicted octanol–water partition coefficient (Wildman–Crippen LogP) is 5.06. The Morgan fingerprint density at radius 2 is 1.30 bits per heavy atom. The second-order valence-electron chi connectivity index (χ2n) is 6.05. The van der Waals surface area contributed by atoms with Gasteiger partial charge in [-0.2, -0.15) is 20.1 Å². The van der Waals surface area contributed by atoms with Crippen LogP contribution in [-0.4, -0.2) is 21.2 Å². The standard InChI is InChI=1S/C22H19N7O/c1-3-9-17(10-4-1)24-20-26-21(25-18-11-5-2-6-12-18)28-22(27-20)29-23-15-7-13-19-14-8-16-30-19/h1-16H,(H3,24,25,26,27,28,29). The van der Waals surface area contributed by atoms with Gasteiger partial charge in [0, 0.05) is 17.6 Å². The molecule has 0 saturated heterocycles. The summed E-state index contributed by atoms with van der Waals surface area (Å²) >= 11 is 0. The second-order valence-corrected chi connectivity index (χ2v) is 6.05. The van der Waals surface area contributed by atoms with Crippen molar-refractivity contribution in [1.29, 1.82) is 0 Å². The lowest BCUT2D eigenvalue weighted by Gasteiger charge is -2.10. The van der Waals surface area contributed by atoms with Gasteiger partial charge in [0.2, 0.25) is 17.8 Å². The SMILES string of the molecule is C(=Cc1ccco1)C=NNc1nc(Nc2ccccc2)nc(Nc2ccccc2)n1.